The molecule has 2 aliphatic carbocycles. The molecule has 0 saturated heterocycles. The zero-order valence-electron chi connectivity index (χ0n) is 9.60. The molecule has 0 unspecified atom stereocenters. The van der Waals surface area contributed by atoms with Gasteiger partial charge in [0.25, 0.3) is 0 Å². The summed E-state index contributed by atoms with van der Waals surface area (Å²) < 4.78 is 0. The van der Waals surface area contributed by atoms with E-state index in [1.165, 1.54) is 32.2 Å². The van der Waals surface area contributed by atoms with Crippen molar-refractivity contribution >= 4 is 5.82 Å². The van der Waals surface area contributed by atoms with E-state index in [4.69, 9.17) is 5.73 Å². The summed E-state index contributed by atoms with van der Waals surface area (Å²) >= 11 is 0. The summed E-state index contributed by atoms with van der Waals surface area (Å²) in [7, 11) is 0. The zero-order valence-corrected chi connectivity index (χ0v) is 9.60. The molecule has 1 aromatic rings. The molecule has 3 heteroatoms. The predicted octanol–water partition coefficient (Wildman–Crippen LogP) is 1.92. The molecule has 1 aromatic heterocycles. The molecule has 0 atom stereocenters. The van der Waals surface area contributed by atoms with Crippen LogP contribution in [0.4, 0.5) is 5.82 Å². The van der Waals surface area contributed by atoms with Crippen molar-refractivity contribution < 1.29 is 0 Å². The Morgan fingerprint density at radius 3 is 2.69 bits per heavy atom. The van der Waals surface area contributed by atoms with Crippen molar-refractivity contribution in [1.29, 1.82) is 0 Å². The van der Waals surface area contributed by atoms with E-state index in [1.54, 1.807) is 0 Å². The Bertz CT molecular complexity index is 369. The first-order chi connectivity index (χ1) is 7.86. The first kappa shape index (κ1) is 10.1. The first-order valence-electron chi connectivity index (χ1n) is 6.29. The Balaban J connectivity index is 1.79. The van der Waals surface area contributed by atoms with Gasteiger partial charge in [0.05, 0.1) is 5.69 Å². The molecule has 0 aromatic carbocycles. The van der Waals surface area contributed by atoms with Crippen molar-refractivity contribution in [2.75, 3.05) is 11.4 Å². The van der Waals surface area contributed by atoms with Gasteiger partial charge in [0.2, 0.25) is 0 Å². The van der Waals surface area contributed by atoms with Crippen LogP contribution in [0.1, 0.15) is 31.4 Å². The number of hydrogen-bond donors (Lipinski definition) is 1. The van der Waals surface area contributed by atoms with Gasteiger partial charge in [-0.05, 0) is 43.7 Å². The summed E-state index contributed by atoms with van der Waals surface area (Å²) in [4.78, 5) is 7.13. The molecule has 2 N–H and O–H groups in total. The molecular weight excluding hydrogens is 198 g/mol. The fraction of sp³-hybridized carbons (Fsp3) is 0.615. The highest BCUT2D eigenvalue weighted by molar-refractivity contribution is 5.42. The van der Waals surface area contributed by atoms with E-state index < -0.39 is 0 Å². The van der Waals surface area contributed by atoms with Crippen LogP contribution in [0.3, 0.4) is 0 Å². The molecule has 86 valence electrons. The third-order valence-corrected chi connectivity index (χ3v) is 3.43. The lowest BCUT2D eigenvalue weighted by Crippen LogP contribution is -2.29. The van der Waals surface area contributed by atoms with Gasteiger partial charge in [-0.3, -0.25) is 0 Å². The molecule has 2 saturated carbocycles. The van der Waals surface area contributed by atoms with Gasteiger partial charge in [-0.25, -0.2) is 4.98 Å². The number of hydrogen-bond acceptors (Lipinski definition) is 3. The zero-order chi connectivity index (χ0) is 11.0. The van der Waals surface area contributed by atoms with E-state index in [0.717, 1.165) is 23.5 Å². The summed E-state index contributed by atoms with van der Waals surface area (Å²) in [6, 6.07) is 6.96. The van der Waals surface area contributed by atoms with Crippen LogP contribution < -0.4 is 10.6 Å². The van der Waals surface area contributed by atoms with Crippen molar-refractivity contribution in [3.05, 3.63) is 23.9 Å². The monoisotopic (exact) mass is 217 g/mol. The maximum Gasteiger partial charge on any atom is 0.129 e. The largest absolute Gasteiger partial charge is 0.353 e. The molecule has 2 aliphatic rings. The summed E-state index contributed by atoms with van der Waals surface area (Å²) in [5.41, 5.74) is 6.64. The van der Waals surface area contributed by atoms with Crippen LogP contribution in [-0.4, -0.2) is 17.6 Å². The molecule has 1 heterocycles. The second-order valence-corrected chi connectivity index (χ2v) is 5.02. The van der Waals surface area contributed by atoms with Gasteiger partial charge in [0.15, 0.2) is 0 Å². The SMILES string of the molecule is NCc1cccc(N(CC2CC2)C2CC2)n1. The predicted molar refractivity (Wildman–Crippen MR) is 65.2 cm³/mol. The number of rotatable bonds is 5. The Labute approximate surface area is 96.7 Å². The first-order valence-corrected chi connectivity index (χ1v) is 6.29. The highest BCUT2D eigenvalue weighted by atomic mass is 15.2. The Kier molecular flexibility index (Phi) is 2.56. The minimum Gasteiger partial charge on any atom is -0.353 e. The van der Waals surface area contributed by atoms with Gasteiger partial charge in [-0.15, -0.1) is 0 Å². The van der Waals surface area contributed by atoms with Gasteiger partial charge in [0, 0.05) is 19.1 Å². The average molecular weight is 217 g/mol. The van der Waals surface area contributed by atoms with Gasteiger partial charge in [0.1, 0.15) is 5.82 Å². The summed E-state index contributed by atoms with van der Waals surface area (Å²) in [6.45, 7) is 1.74. The highest BCUT2D eigenvalue weighted by Crippen LogP contribution is 2.36. The number of aromatic nitrogens is 1. The average Bonchev–Trinajstić information content (AvgIpc) is 3.16. The standard InChI is InChI=1S/C13H19N3/c14-8-11-2-1-3-13(15-11)16(12-6-7-12)9-10-4-5-10/h1-3,10,12H,4-9,14H2. The second-order valence-electron chi connectivity index (χ2n) is 5.02. The quantitative estimate of drug-likeness (QED) is 0.819. The highest BCUT2D eigenvalue weighted by Gasteiger charge is 2.34. The lowest BCUT2D eigenvalue weighted by molar-refractivity contribution is 0.706. The van der Waals surface area contributed by atoms with E-state index in [0.29, 0.717) is 6.54 Å². The number of pyridine rings is 1. The number of nitrogens with two attached hydrogens (primary N) is 1. The number of anilines is 1. The minimum atomic E-state index is 0.537. The van der Waals surface area contributed by atoms with Crippen LogP contribution in [0.15, 0.2) is 18.2 Å². The van der Waals surface area contributed by atoms with Crippen LogP contribution in [0, 0.1) is 5.92 Å². The molecular formula is C13H19N3. The molecule has 0 amide bonds. The second kappa shape index (κ2) is 4.06. The molecule has 16 heavy (non-hydrogen) atoms. The van der Waals surface area contributed by atoms with E-state index in [9.17, 15) is 0 Å². The fourth-order valence-electron chi connectivity index (χ4n) is 2.14. The third-order valence-electron chi connectivity index (χ3n) is 3.43. The van der Waals surface area contributed by atoms with Crippen molar-refractivity contribution in [1.82, 2.24) is 4.98 Å². The van der Waals surface area contributed by atoms with Crippen molar-refractivity contribution in [3.8, 4) is 0 Å². The van der Waals surface area contributed by atoms with Crippen LogP contribution in [-0.2, 0) is 6.54 Å². The lowest BCUT2D eigenvalue weighted by atomic mass is 10.3. The maximum atomic E-state index is 5.64. The van der Waals surface area contributed by atoms with E-state index >= 15 is 0 Å². The van der Waals surface area contributed by atoms with Gasteiger partial charge < -0.3 is 10.6 Å². The molecule has 0 spiro atoms. The van der Waals surface area contributed by atoms with Crippen molar-refractivity contribution in [3.63, 3.8) is 0 Å². The Morgan fingerprint density at radius 2 is 2.06 bits per heavy atom. The minimum absolute atomic E-state index is 0.537. The van der Waals surface area contributed by atoms with Crippen LogP contribution in [0.5, 0.6) is 0 Å². The summed E-state index contributed by atoms with van der Waals surface area (Å²) in [5.74, 6) is 2.06. The van der Waals surface area contributed by atoms with E-state index in [-0.39, 0.29) is 0 Å². The smallest absolute Gasteiger partial charge is 0.129 e. The molecule has 0 bridgehead atoms. The fourth-order valence-corrected chi connectivity index (χ4v) is 2.14. The normalized spacial score (nSPS) is 19.8. The summed E-state index contributed by atoms with van der Waals surface area (Å²) in [6.07, 6.45) is 5.47. The lowest BCUT2D eigenvalue weighted by Gasteiger charge is -2.23. The molecule has 3 rings (SSSR count). The van der Waals surface area contributed by atoms with Crippen molar-refractivity contribution in [2.24, 2.45) is 11.7 Å². The van der Waals surface area contributed by atoms with Gasteiger partial charge >= 0.3 is 0 Å². The maximum absolute atomic E-state index is 5.64. The van der Waals surface area contributed by atoms with E-state index in [2.05, 4.69) is 22.0 Å². The molecule has 0 radical (unpaired) electrons. The molecule has 3 nitrogen and oxygen atoms in total. The van der Waals surface area contributed by atoms with Crippen LogP contribution in [0.25, 0.3) is 0 Å². The molecule has 0 aliphatic heterocycles. The number of nitrogens with zero attached hydrogens (tertiary/aromatic N) is 2. The topological polar surface area (TPSA) is 42.1 Å². The van der Waals surface area contributed by atoms with Crippen LogP contribution >= 0.6 is 0 Å². The Morgan fingerprint density at radius 1 is 1.25 bits per heavy atom. The van der Waals surface area contributed by atoms with Gasteiger partial charge in [-0.2, -0.15) is 0 Å². The summed E-state index contributed by atoms with van der Waals surface area (Å²) in [5, 5.41) is 0. The Hall–Kier alpha value is -1.09. The van der Waals surface area contributed by atoms with Crippen molar-refractivity contribution in [2.45, 2.75) is 38.3 Å². The van der Waals surface area contributed by atoms with E-state index in [1.807, 2.05) is 6.07 Å². The van der Waals surface area contributed by atoms with Crippen LogP contribution in [0.2, 0.25) is 0 Å². The molecule has 2 fully saturated rings. The van der Waals surface area contributed by atoms with Gasteiger partial charge in [-0.1, -0.05) is 6.07 Å². The third kappa shape index (κ3) is 2.19.